The van der Waals surface area contributed by atoms with Crippen LogP contribution in [0.4, 0.5) is 9.59 Å². The van der Waals surface area contributed by atoms with Crippen LogP contribution in [0.3, 0.4) is 0 Å². The number of esters is 2. The van der Waals surface area contributed by atoms with Gasteiger partial charge in [-0.15, -0.1) is 0 Å². The Labute approximate surface area is 379 Å². The van der Waals surface area contributed by atoms with E-state index in [1.54, 1.807) is 41.5 Å². The molecular weight excluding hydrogens is 911 g/mol. The molecule has 0 bridgehead atoms. The first-order valence-electron chi connectivity index (χ1n) is 21.6. The van der Waals surface area contributed by atoms with E-state index in [0.717, 1.165) is 32.9 Å². The number of aromatic nitrogens is 1. The van der Waals surface area contributed by atoms with Crippen molar-refractivity contribution < 1.29 is 47.8 Å². The van der Waals surface area contributed by atoms with Crippen molar-refractivity contribution in [2.24, 2.45) is 11.8 Å². The summed E-state index contributed by atoms with van der Waals surface area (Å²) in [5.74, 6) is -2.14. The first-order chi connectivity index (χ1) is 28.8. The maximum Gasteiger partial charge on any atom is 0.407 e. The number of halogens is 1. The maximum atomic E-state index is 13.8. The summed E-state index contributed by atoms with van der Waals surface area (Å²) in [4.78, 5) is 93.9. The molecule has 0 radical (unpaired) electrons. The molecule has 0 aliphatic heterocycles. The second-order valence-electron chi connectivity index (χ2n) is 19.1. The average molecular weight is 981 g/mol. The lowest BCUT2D eigenvalue weighted by Gasteiger charge is -2.29. The Bertz CT molecular complexity index is 1870. The third-order valence-electron chi connectivity index (χ3n) is 10.0. The summed E-state index contributed by atoms with van der Waals surface area (Å²) >= 11 is 2.24. The number of alkyl carbamates (subject to hydrolysis) is 1. The number of ketones is 1. The largest absolute Gasteiger partial charge is 0.460 e. The first kappa shape index (κ1) is 51.9. The fourth-order valence-electron chi connectivity index (χ4n) is 7.03. The summed E-state index contributed by atoms with van der Waals surface area (Å²) in [6.45, 7) is 17.8. The van der Waals surface area contributed by atoms with Gasteiger partial charge in [0.2, 0.25) is 11.8 Å². The molecule has 1 aliphatic rings. The van der Waals surface area contributed by atoms with Crippen LogP contribution in [0.2, 0.25) is 0 Å². The molecule has 17 heteroatoms. The number of carbonyl (C=O) groups is 7. The van der Waals surface area contributed by atoms with E-state index >= 15 is 0 Å². The van der Waals surface area contributed by atoms with E-state index in [0.29, 0.717) is 32.2 Å². The van der Waals surface area contributed by atoms with Gasteiger partial charge < -0.3 is 45.8 Å². The third kappa shape index (κ3) is 19.3. The quantitative estimate of drug-likeness (QED) is 0.0388. The van der Waals surface area contributed by atoms with Crippen molar-refractivity contribution in [3.8, 4) is 0 Å². The minimum absolute atomic E-state index is 0.0705. The smallest absolute Gasteiger partial charge is 0.407 e. The Hall–Kier alpha value is -4.42. The molecule has 1 heterocycles. The molecule has 0 unspecified atom stereocenters. The minimum Gasteiger partial charge on any atom is -0.460 e. The monoisotopic (exact) mass is 980 g/mol. The highest BCUT2D eigenvalue weighted by atomic mass is 127. The van der Waals surface area contributed by atoms with E-state index < -0.39 is 59.0 Å². The van der Waals surface area contributed by atoms with Gasteiger partial charge in [0.15, 0.2) is 5.78 Å². The predicted octanol–water partition coefficient (Wildman–Crippen LogP) is 6.51. The van der Waals surface area contributed by atoms with Gasteiger partial charge >= 0.3 is 24.1 Å². The fraction of sp³-hybridized carbons (Fsp3) is 0.667. The lowest BCUT2D eigenvalue weighted by Crippen LogP contribution is -2.52. The van der Waals surface area contributed by atoms with Gasteiger partial charge in [-0.3, -0.25) is 19.2 Å². The van der Waals surface area contributed by atoms with Gasteiger partial charge in [-0.25, -0.2) is 14.4 Å². The molecule has 1 fully saturated rings. The first-order valence-corrected chi connectivity index (χ1v) is 22.7. The highest BCUT2D eigenvalue weighted by Crippen LogP contribution is 2.29. The zero-order valence-corrected chi connectivity index (χ0v) is 40.3. The van der Waals surface area contributed by atoms with Crippen LogP contribution in [0.25, 0.3) is 10.9 Å². The van der Waals surface area contributed by atoms with Crippen LogP contribution >= 0.6 is 22.6 Å². The van der Waals surface area contributed by atoms with Crippen LogP contribution in [0, 0.1) is 15.4 Å². The van der Waals surface area contributed by atoms with Gasteiger partial charge in [0.05, 0.1) is 6.04 Å². The van der Waals surface area contributed by atoms with Gasteiger partial charge in [0.25, 0.3) is 0 Å². The van der Waals surface area contributed by atoms with Crippen molar-refractivity contribution in [2.75, 3.05) is 13.1 Å². The number of urea groups is 1. The summed E-state index contributed by atoms with van der Waals surface area (Å²) in [5, 5.41) is 15.0. The van der Waals surface area contributed by atoms with Crippen molar-refractivity contribution in [3.63, 3.8) is 0 Å². The van der Waals surface area contributed by atoms with E-state index in [2.05, 4.69) is 54.2 Å². The second-order valence-corrected chi connectivity index (χ2v) is 20.4. The Morgan fingerprint density at radius 1 is 0.758 bits per heavy atom. The molecule has 1 aliphatic carbocycles. The highest BCUT2D eigenvalue weighted by molar-refractivity contribution is 14.1. The lowest BCUT2D eigenvalue weighted by molar-refractivity contribution is -0.158. The van der Waals surface area contributed by atoms with Crippen LogP contribution < -0.4 is 26.6 Å². The van der Waals surface area contributed by atoms with Crippen molar-refractivity contribution in [1.82, 2.24) is 31.6 Å². The molecule has 1 aromatic heterocycles. The molecule has 1 saturated carbocycles. The number of ether oxygens (including phenoxy) is 3. The second kappa shape index (κ2) is 23.3. The van der Waals surface area contributed by atoms with Gasteiger partial charge in [-0.1, -0.05) is 0 Å². The number of rotatable bonds is 19. The highest BCUT2D eigenvalue weighted by Gasteiger charge is 2.32. The molecule has 346 valence electrons. The molecule has 2 aromatic rings. The third-order valence-corrected chi connectivity index (χ3v) is 10.7. The van der Waals surface area contributed by atoms with E-state index in [1.165, 1.54) is 6.92 Å². The van der Waals surface area contributed by atoms with Crippen molar-refractivity contribution in [3.05, 3.63) is 33.5 Å². The van der Waals surface area contributed by atoms with Crippen molar-refractivity contribution >= 4 is 75.2 Å². The van der Waals surface area contributed by atoms with Crippen LogP contribution in [0.5, 0.6) is 0 Å². The summed E-state index contributed by atoms with van der Waals surface area (Å²) in [6.07, 6.45) is 5.40. The number of Topliss-reactive ketones (excluding diaryl/α,β-unsaturated/α-hetero) is 1. The van der Waals surface area contributed by atoms with E-state index in [9.17, 15) is 33.6 Å². The maximum absolute atomic E-state index is 13.8. The molecule has 5 amide bonds. The molecule has 3 atom stereocenters. The Kier molecular flexibility index (Phi) is 19.5. The molecule has 0 spiro atoms. The normalized spacial score (nSPS) is 17.1. The average Bonchev–Trinajstić information content (AvgIpc) is 3.53. The number of nitrogens with one attached hydrogen (secondary N) is 6. The molecule has 3 rings (SSSR count). The number of amides is 5. The number of carbonyl (C=O) groups excluding carboxylic acids is 7. The number of fused-ring (bicyclic) bond motifs is 1. The molecular formula is C45H69IN6O10. The predicted molar refractivity (Wildman–Crippen MR) is 244 cm³/mol. The van der Waals surface area contributed by atoms with Crippen LogP contribution in [0.1, 0.15) is 133 Å². The molecule has 62 heavy (non-hydrogen) atoms. The molecule has 6 N–H and O–H groups in total. The van der Waals surface area contributed by atoms with Crippen molar-refractivity contribution in [1.29, 1.82) is 0 Å². The lowest BCUT2D eigenvalue weighted by atomic mass is 9.81. The molecule has 0 saturated heterocycles. The van der Waals surface area contributed by atoms with E-state index in [4.69, 9.17) is 14.2 Å². The van der Waals surface area contributed by atoms with Gasteiger partial charge in [-0.05, 0) is 173 Å². The zero-order valence-electron chi connectivity index (χ0n) is 38.1. The summed E-state index contributed by atoms with van der Waals surface area (Å²) < 4.78 is 17.2. The molecule has 16 nitrogen and oxygen atoms in total. The minimum atomic E-state index is -1.17. The SMILES string of the molecule is CC(=O)[C@H](CCCCNC(=O)[C@@H](Cc1c[nH]c2ccc(I)cc12)NC(=O)[C@H]1CC[C@H](CNC(=O)OC(C)(C)C)CC1)NC(=O)N[C@@H](CCC(=O)OC(C)(C)C)C(=O)OC(C)(C)C. The van der Waals surface area contributed by atoms with Gasteiger partial charge in [0.1, 0.15) is 28.9 Å². The van der Waals surface area contributed by atoms with Crippen molar-refractivity contribution in [2.45, 2.75) is 168 Å². The number of hydrogen-bond donors (Lipinski definition) is 6. The number of aromatic amines is 1. The summed E-state index contributed by atoms with van der Waals surface area (Å²) in [5.41, 5.74) is -0.339. The standard InChI is InChI=1S/C45H69IN6O10/c1-27(53)33(51-41(58)52-35(40(57)61-44(5,6)7)20-21-37(54)60-43(2,3)4)13-11-12-22-47-39(56)36(23-30-26-48-34-19-18-31(46)24-32(30)34)50-38(55)29-16-14-28(15-17-29)25-49-42(59)62-45(8,9)10/h18-19,24,26,28-29,33,35-36,48H,11-17,20-23,25H2,1-10H3,(H,47,56)(H,49,59)(H,50,55)(H2,51,52,58)/t28-,29-,33-,35-,36+/m0/s1. The Morgan fingerprint density at radius 3 is 2.00 bits per heavy atom. The summed E-state index contributed by atoms with van der Waals surface area (Å²) in [6, 6.07) is 2.33. The van der Waals surface area contributed by atoms with Crippen LogP contribution in [0.15, 0.2) is 24.4 Å². The summed E-state index contributed by atoms with van der Waals surface area (Å²) in [7, 11) is 0. The van der Waals surface area contributed by atoms with Crippen LogP contribution in [-0.2, 0) is 44.6 Å². The number of unbranched alkanes of at least 4 members (excludes halogenated alkanes) is 1. The van der Waals surface area contributed by atoms with Gasteiger partial charge in [0, 0.05) is 52.5 Å². The van der Waals surface area contributed by atoms with E-state index in [1.807, 2.05) is 45.2 Å². The number of H-pyrrole nitrogens is 1. The molecule has 1 aromatic carbocycles. The van der Waals surface area contributed by atoms with Gasteiger partial charge in [-0.2, -0.15) is 0 Å². The fourth-order valence-corrected chi connectivity index (χ4v) is 7.52. The zero-order chi connectivity index (χ0) is 46.4. The van der Waals surface area contributed by atoms with Crippen LogP contribution in [-0.4, -0.2) is 94.7 Å². The topological polar surface area (TPSA) is 223 Å². The Balaban J connectivity index is 1.58. The number of hydrogen-bond acceptors (Lipinski definition) is 10. The number of benzene rings is 1. The van der Waals surface area contributed by atoms with E-state index in [-0.39, 0.29) is 61.7 Å². The Morgan fingerprint density at radius 2 is 1.39 bits per heavy atom.